The van der Waals surface area contributed by atoms with Crippen LogP contribution in [0, 0.1) is 35.5 Å². The van der Waals surface area contributed by atoms with Crippen LogP contribution in [0.25, 0.3) is 0 Å². The molecule has 18 nitrogen and oxygen atoms in total. The van der Waals surface area contributed by atoms with Gasteiger partial charge in [0.1, 0.15) is 17.5 Å². The molecule has 0 saturated heterocycles. The van der Waals surface area contributed by atoms with E-state index in [1.165, 1.54) is 91.6 Å². The highest BCUT2D eigenvalue weighted by molar-refractivity contribution is 5.69. The Morgan fingerprint density at radius 2 is 0.710 bits per heavy atom. The van der Waals surface area contributed by atoms with Gasteiger partial charge < -0.3 is 45.5 Å². The molecule has 3 atom stereocenters. The lowest BCUT2D eigenvalue weighted by Crippen LogP contribution is -2.30. The number of methoxy groups -OCH3 is 3. The average Bonchev–Trinajstić information content (AvgIpc) is 1.00. The molecule has 3 aliphatic carbocycles. The Morgan fingerprint density at radius 3 is 0.957 bits per heavy atom. The number of hydrogen-bond acceptors (Lipinski definition) is 15. The van der Waals surface area contributed by atoms with Crippen LogP contribution in [0.3, 0.4) is 0 Å². The van der Waals surface area contributed by atoms with Crippen molar-refractivity contribution in [1.29, 1.82) is 0 Å². The summed E-state index contributed by atoms with van der Waals surface area (Å²) in [5, 5.41) is 38.4. The Kier molecular flexibility index (Phi) is 25.1. The monoisotopic (exact) mass is 1270 g/mol. The number of unbranched alkanes of at least 4 members (excludes halogenated alkanes) is 3. The third kappa shape index (κ3) is 19.8. The van der Waals surface area contributed by atoms with Gasteiger partial charge in [0.05, 0.1) is 40.6 Å². The molecule has 0 aromatic carbocycles. The van der Waals surface area contributed by atoms with Crippen LogP contribution < -0.4 is 30.2 Å². The van der Waals surface area contributed by atoms with E-state index < -0.39 is 17.9 Å². The van der Waals surface area contributed by atoms with Gasteiger partial charge in [0.2, 0.25) is 17.6 Å². The maximum absolute atomic E-state index is 11.4. The number of nitrogens with one attached hydrogen (secondary N) is 3. The zero-order valence-electron chi connectivity index (χ0n) is 55.0. The summed E-state index contributed by atoms with van der Waals surface area (Å²) in [6.07, 6.45) is 33.4. The van der Waals surface area contributed by atoms with Crippen LogP contribution in [-0.4, -0.2) is 104 Å². The van der Waals surface area contributed by atoms with E-state index in [-0.39, 0.29) is 37.0 Å². The summed E-state index contributed by atoms with van der Waals surface area (Å²) in [7, 11) is 4.77. The third-order valence-corrected chi connectivity index (χ3v) is 20.6. The highest BCUT2D eigenvalue weighted by Gasteiger charge is 2.39. The van der Waals surface area contributed by atoms with Gasteiger partial charge in [0.15, 0.2) is 0 Å². The second-order valence-electron chi connectivity index (χ2n) is 27.1. The number of aliphatic carboxylic acids is 3. The maximum atomic E-state index is 11.4. The molecule has 6 aliphatic rings. The molecule has 0 amide bonds. The molecule has 6 aromatic rings. The quantitative estimate of drug-likeness (QED) is 0.0229. The first-order valence-electron chi connectivity index (χ1n) is 34.7. The molecule has 498 valence electrons. The smallest absolute Gasteiger partial charge is 0.303 e. The lowest BCUT2D eigenvalue weighted by atomic mass is 9.64. The molecule has 0 bridgehead atoms. The number of nitrogens with zero attached hydrogens (tertiary/aromatic N) is 6. The fourth-order valence-electron chi connectivity index (χ4n) is 15.2. The number of ether oxygens (including phenoxy) is 3. The predicted octanol–water partition coefficient (Wildman–Crippen LogP) is 14.5. The van der Waals surface area contributed by atoms with Gasteiger partial charge in [-0.3, -0.25) is 14.4 Å². The number of fused-ring (bicyclic) bond motifs is 3. The summed E-state index contributed by atoms with van der Waals surface area (Å²) < 4.78 is 15.4. The summed E-state index contributed by atoms with van der Waals surface area (Å²) in [5.41, 5.74) is 10.6. The highest BCUT2D eigenvalue weighted by Crippen LogP contribution is 2.49. The highest BCUT2D eigenvalue weighted by atomic mass is 16.5. The molecule has 6 aromatic heterocycles. The topological polar surface area (TPSA) is 253 Å². The normalized spacial score (nSPS) is 20.8. The van der Waals surface area contributed by atoms with Gasteiger partial charge in [-0.1, -0.05) is 74.9 Å². The lowest BCUT2D eigenvalue weighted by Gasteiger charge is -2.40. The summed E-state index contributed by atoms with van der Waals surface area (Å²) in [5.74, 6) is 6.30. The minimum atomic E-state index is -0.740. The SMILES string of the molecule is COc1ccc(C(CC(=O)O)C2CC(CCCCc3ccc4c(n3)NCCC4)C2)cn1.COc1ccc(C(CC(=O)O)C2CC(CCCCc3ccc4c(n3)NCCC4)C2)cn1.COc1ccc(C(CC(=O)O)C2CC(CCCCc3ccc4c(n3)NCCC4)C2)cn1. The van der Waals surface area contributed by atoms with E-state index in [1.54, 1.807) is 39.9 Å². The fraction of sp³-hybridized carbons (Fsp3) is 0.560. The number of aryl methyl sites for hydroxylation is 6. The van der Waals surface area contributed by atoms with Crippen LogP contribution in [0.4, 0.5) is 17.5 Å². The van der Waals surface area contributed by atoms with Crippen LogP contribution in [0.1, 0.15) is 203 Å². The molecule has 3 aliphatic heterocycles. The standard InChI is InChI=1S/3C25H33N3O3/c3*1-31-23-11-9-19(16-27-23)22(15-24(29)30)20-13-17(14-20)5-2-3-7-21-10-8-18-6-4-12-26-25(18)28-21/h3*8-11,16-17,20,22H,2-7,12-15H2,1H3,(H,26,28)(H,29,30). The first kappa shape index (κ1) is 68.0. The predicted molar refractivity (Wildman–Crippen MR) is 362 cm³/mol. The number of hydrogen-bond donors (Lipinski definition) is 6. The summed E-state index contributed by atoms with van der Waals surface area (Å²) in [6.45, 7) is 3.09. The number of aromatic nitrogens is 6. The molecule has 0 radical (unpaired) electrons. The lowest BCUT2D eigenvalue weighted by molar-refractivity contribution is -0.139. The van der Waals surface area contributed by atoms with Crippen molar-refractivity contribution >= 4 is 35.4 Å². The number of anilines is 3. The maximum Gasteiger partial charge on any atom is 0.303 e. The molecular weight excluding hydrogens is 1170 g/mol. The van der Waals surface area contributed by atoms with E-state index in [0.29, 0.717) is 53.1 Å². The molecule has 3 saturated carbocycles. The summed E-state index contributed by atoms with van der Waals surface area (Å²) >= 11 is 0. The van der Waals surface area contributed by atoms with Gasteiger partial charge in [-0.25, -0.2) is 29.9 Å². The Balaban J connectivity index is 0.000000153. The second kappa shape index (κ2) is 34.3. The molecule has 3 unspecified atom stereocenters. The first-order valence-corrected chi connectivity index (χ1v) is 34.7. The number of carboxylic acids is 3. The van der Waals surface area contributed by atoms with Crippen molar-refractivity contribution < 1.29 is 43.9 Å². The zero-order valence-corrected chi connectivity index (χ0v) is 55.0. The van der Waals surface area contributed by atoms with Crippen molar-refractivity contribution in [2.45, 2.75) is 191 Å². The molecule has 18 heteroatoms. The molecular formula is C75H99N9O9. The van der Waals surface area contributed by atoms with Gasteiger partial charge in [0, 0.05) is 73.5 Å². The van der Waals surface area contributed by atoms with Crippen LogP contribution in [0.15, 0.2) is 91.4 Å². The average molecular weight is 1270 g/mol. The number of pyridine rings is 6. The van der Waals surface area contributed by atoms with Crippen molar-refractivity contribution in [1.82, 2.24) is 29.9 Å². The van der Waals surface area contributed by atoms with Crippen molar-refractivity contribution in [3.63, 3.8) is 0 Å². The first-order chi connectivity index (χ1) is 45.4. The van der Waals surface area contributed by atoms with Gasteiger partial charge in [-0.15, -0.1) is 0 Å². The fourth-order valence-corrected chi connectivity index (χ4v) is 15.2. The van der Waals surface area contributed by atoms with E-state index in [4.69, 9.17) is 29.2 Å². The molecule has 9 heterocycles. The molecule has 93 heavy (non-hydrogen) atoms. The Hall–Kier alpha value is -7.89. The zero-order chi connectivity index (χ0) is 64.9. The molecule has 6 N–H and O–H groups in total. The minimum absolute atomic E-state index is 0.0411. The molecule has 12 rings (SSSR count). The third-order valence-electron chi connectivity index (χ3n) is 20.6. The van der Waals surface area contributed by atoms with Crippen LogP contribution in [0.5, 0.6) is 17.6 Å². The van der Waals surface area contributed by atoms with E-state index >= 15 is 0 Å². The number of carbonyl (C=O) groups is 3. The van der Waals surface area contributed by atoms with E-state index in [1.807, 2.05) is 36.4 Å². The van der Waals surface area contributed by atoms with Crippen LogP contribution in [-0.2, 0) is 52.9 Å². The largest absolute Gasteiger partial charge is 0.481 e. The van der Waals surface area contributed by atoms with Gasteiger partial charge in [0.25, 0.3) is 0 Å². The number of carboxylic acid groups (broad SMARTS) is 3. The van der Waals surface area contributed by atoms with Crippen molar-refractivity contribution in [3.05, 3.63) is 142 Å². The van der Waals surface area contributed by atoms with E-state index in [2.05, 4.69) is 67.3 Å². The van der Waals surface area contributed by atoms with Gasteiger partial charge in [-0.05, 0) is 220 Å². The van der Waals surface area contributed by atoms with Crippen molar-refractivity contribution in [2.24, 2.45) is 35.5 Å². The van der Waals surface area contributed by atoms with Gasteiger partial charge >= 0.3 is 17.9 Å². The molecule has 3 fully saturated rings. The van der Waals surface area contributed by atoms with Crippen molar-refractivity contribution in [2.75, 3.05) is 56.9 Å². The van der Waals surface area contributed by atoms with Crippen molar-refractivity contribution in [3.8, 4) is 17.6 Å². The summed E-state index contributed by atoms with van der Waals surface area (Å²) in [6, 6.07) is 24.6. The Bertz CT molecular complexity index is 2980. The molecule has 0 spiro atoms. The number of rotatable bonds is 30. The van der Waals surface area contributed by atoms with E-state index in [9.17, 15) is 29.7 Å². The Morgan fingerprint density at radius 1 is 0.419 bits per heavy atom. The van der Waals surface area contributed by atoms with E-state index in [0.717, 1.165) is 150 Å². The summed E-state index contributed by atoms with van der Waals surface area (Å²) in [4.78, 5) is 61.4. The van der Waals surface area contributed by atoms with Crippen LogP contribution >= 0.6 is 0 Å². The van der Waals surface area contributed by atoms with Gasteiger partial charge in [-0.2, -0.15) is 0 Å². The Labute approximate surface area is 549 Å². The second-order valence-corrected chi connectivity index (χ2v) is 27.1. The van der Waals surface area contributed by atoms with Crippen LogP contribution in [0.2, 0.25) is 0 Å². The minimum Gasteiger partial charge on any atom is -0.481 e.